The van der Waals surface area contributed by atoms with E-state index in [-0.39, 0.29) is 0 Å². The fourth-order valence-corrected chi connectivity index (χ4v) is 18.9. The van der Waals surface area contributed by atoms with Crippen LogP contribution in [0.1, 0.15) is 44.5 Å². The van der Waals surface area contributed by atoms with Crippen molar-refractivity contribution in [2.75, 3.05) is 0 Å². The molecule has 8 nitrogen and oxygen atoms in total. The molecule has 4 heterocycles. The fraction of sp³-hybridized carbons (Fsp3) is 0.0175. The molecule has 122 heavy (non-hydrogen) atoms. The third-order valence-electron chi connectivity index (χ3n) is 24.7. The number of hydrogen-bond donors (Lipinski definition) is 0. The summed E-state index contributed by atoms with van der Waals surface area (Å²) in [6.07, 6.45) is 0. The van der Waals surface area contributed by atoms with Crippen molar-refractivity contribution in [3.8, 4) is 124 Å². The van der Waals surface area contributed by atoms with Gasteiger partial charge in [-0.05, 0) is 159 Å². The fourth-order valence-electron chi connectivity index (χ4n) is 18.9. The highest BCUT2D eigenvalue weighted by Crippen LogP contribution is 2.59. The molecule has 0 amide bonds. The van der Waals surface area contributed by atoms with Crippen LogP contribution in [-0.2, 0) is 10.8 Å². The molecule has 0 unspecified atom stereocenters. The molecule has 0 spiro atoms. The van der Waals surface area contributed by atoms with Gasteiger partial charge in [-0.3, -0.25) is 0 Å². The van der Waals surface area contributed by atoms with Gasteiger partial charge >= 0.3 is 0 Å². The Bertz CT molecular complexity index is 7710. The van der Waals surface area contributed by atoms with E-state index in [9.17, 15) is 0 Å². The van der Waals surface area contributed by atoms with Gasteiger partial charge in [0.2, 0.25) is 0 Å². The maximum atomic E-state index is 6.68. The molecule has 0 atom stereocenters. The van der Waals surface area contributed by atoms with Crippen molar-refractivity contribution < 1.29 is 8.83 Å². The zero-order valence-electron chi connectivity index (χ0n) is 66.1. The van der Waals surface area contributed by atoms with E-state index in [1.807, 2.05) is 66.7 Å². The molecule has 0 fully saturated rings. The molecule has 570 valence electrons. The molecule has 24 rings (SSSR count). The normalized spacial score (nSPS) is 12.7. The Kier molecular flexibility index (Phi) is 17.2. The van der Waals surface area contributed by atoms with Crippen LogP contribution in [0.25, 0.3) is 179 Å². The lowest BCUT2D eigenvalue weighted by molar-refractivity contribution is 0.665. The Morgan fingerprint density at radius 1 is 0.156 bits per heavy atom. The molecular weight excluding hydrogens is 1490 g/mol. The number of fused-ring (bicyclic) bond motifs is 13. The van der Waals surface area contributed by atoms with E-state index in [2.05, 4.69) is 370 Å². The predicted molar refractivity (Wildman–Crippen MR) is 495 cm³/mol. The molecule has 0 radical (unpaired) electrons. The smallest absolute Gasteiger partial charge is 0.164 e. The van der Waals surface area contributed by atoms with Crippen molar-refractivity contribution in [1.29, 1.82) is 0 Å². The van der Waals surface area contributed by atoms with Gasteiger partial charge in [0.1, 0.15) is 22.3 Å². The maximum absolute atomic E-state index is 6.68. The molecule has 8 heteroatoms. The first kappa shape index (κ1) is 71.2. The molecule has 0 bridgehead atoms. The van der Waals surface area contributed by atoms with Crippen LogP contribution >= 0.6 is 0 Å². The third kappa shape index (κ3) is 12.1. The number of aromatic nitrogens is 6. The van der Waals surface area contributed by atoms with E-state index in [1.54, 1.807) is 0 Å². The van der Waals surface area contributed by atoms with E-state index in [0.29, 0.717) is 34.9 Å². The van der Waals surface area contributed by atoms with Crippen LogP contribution in [0.5, 0.6) is 0 Å². The van der Waals surface area contributed by atoms with Gasteiger partial charge in [-0.2, -0.15) is 0 Å². The molecule has 0 N–H and O–H groups in total. The van der Waals surface area contributed by atoms with Crippen LogP contribution in [0.3, 0.4) is 0 Å². The second kappa shape index (κ2) is 29.5. The van der Waals surface area contributed by atoms with E-state index >= 15 is 0 Å². The summed E-state index contributed by atoms with van der Waals surface area (Å²) in [6, 6.07) is 154. The lowest BCUT2D eigenvalue weighted by Crippen LogP contribution is -2.28. The maximum Gasteiger partial charge on any atom is 0.164 e. The van der Waals surface area contributed by atoms with Crippen LogP contribution in [-0.4, -0.2) is 29.9 Å². The average Bonchev–Trinajstić information content (AvgIpc) is 1.54. The van der Waals surface area contributed by atoms with E-state index in [1.165, 1.54) is 72.1 Å². The number of benzene rings is 18. The molecular formula is C114H72N6O2. The first-order valence-electron chi connectivity index (χ1n) is 41.3. The summed E-state index contributed by atoms with van der Waals surface area (Å²) in [5.41, 5.74) is 29.9. The molecule has 0 saturated carbocycles. The van der Waals surface area contributed by atoms with Crippen LogP contribution < -0.4 is 0 Å². The molecule has 0 saturated heterocycles. The van der Waals surface area contributed by atoms with Crippen LogP contribution in [0.4, 0.5) is 0 Å². The Labute approximate surface area is 704 Å². The second-order valence-electron chi connectivity index (χ2n) is 31.5. The summed E-state index contributed by atoms with van der Waals surface area (Å²) in [4.78, 5) is 30.0. The van der Waals surface area contributed by atoms with Crippen molar-refractivity contribution in [1.82, 2.24) is 29.9 Å². The highest BCUT2D eigenvalue weighted by molar-refractivity contribution is 6.08. The summed E-state index contributed by atoms with van der Waals surface area (Å²) in [7, 11) is 0. The van der Waals surface area contributed by atoms with E-state index < -0.39 is 10.8 Å². The summed E-state index contributed by atoms with van der Waals surface area (Å²) in [5.74, 6) is 3.81. The lowest BCUT2D eigenvalue weighted by atomic mass is 9.67. The first-order chi connectivity index (χ1) is 60.4. The summed E-state index contributed by atoms with van der Waals surface area (Å²) >= 11 is 0. The quantitative estimate of drug-likeness (QED) is 0.112. The summed E-state index contributed by atoms with van der Waals surface area (Å²) < 4.78 is 13.4. The second-order valence-corrected chi connectivity index (χ2v) is 31.5. The van der Waals surface area contributed by atoms with E-state index in [4.69, 9.17) is 38.7 Å². The minimum atomic E-state index is -0.484. The Hall–Kier alpha value is -16.2. The van der Waals surface area contributed by atoms with Gasteiger partial charge in [0, 0.05) is 54.9 Å². The first-order valence-corrected chi connectivity index (χ1v) is 41.3. The Morgan fingerprint density at radius 3 is 0.861 bits per heavy atom. The monoisotopic (exact) mass is 1560 g/mol. The Balaban J connectivity index is 0.000000142. The van der Waals surface area contributed by atoms with Gasteiger partial charge in [-0.25, -0.2) is 29.9 Å². The van der Waals surface area contributed by atoms with Gasteiger partial charge in [-0.15, -0.1) is 0 Å². The van der Waals surface area contributed by atoms with Crippen LogP contribution in [0.15, 0.2) is 446 Å². The van der Waals surface area contributed by atoms with Crippen molar-refractivity contribution in [2.24, 2.45) is 0 Å². The molecule has 4 aromatic heterocycles. The summed E-state index contributed by atoms with van der Waals surface area (Å²) in [5, 5.41) is 6.68. The van der Waals surface area contributed by atoms with Crippen LogP contribution in [0, 0.1) is 0 Å². The third-order valence-corrected chi connectivity index (χ3v) is 24.7. The van der Waals surface area contributed by atoms with Crippen molar-refractivity contribution in [3.05, 3.63) is 481 Å². The van der Waals surface area contributed by atoms with Gasteiger partial charge in [0.25, 0.3) is 0 Å². The average molecular weight is 1560 g/mol. The molecule has 2 aliphatic rings. The van der Waals surface area contributed by atoms with Gasteiger partial charge in [-0.1, -0.05) is 388 Å². The number of hydrogen-bond acceptors (Lipinski definition) is 8. The standard InChI is InChI=1S/C58H37N3O.C56H35N3O/c1-4-15-38(16-5-1)42-19-14-20-44(35-42)57-60-55(40-17-6-2-7-18-40)59-56(61-57)41-29-27-39(28-30-41)43-31-34-53-50(36-43)49-33-32-46(37-54(49)62-53)58(45-21-8-3-9-22-45)51-25-12-10-23-47(51)48-24-11-13-26-52(48)58;1-3-14-38(15-4-1)53-57-54(59-55(58-53)42-28-25-36-13-7-8-16-40(36)33-42)39-26-23-37(24-27-39)41-29-32-51-48(34-41)47-31-30-44(35-52(47)60-51)56(43-17-5-2-6-18-43)49-21-11-9-19-45(49)46-20-10-12-22-50(46)56/h1-37H;1-35H. The largest absolute Gasteiger partial charge is 0.456 e. The number of furan rings is 2. The molecule has 18 aromatic carbocycles. The topological polar surface area (TPSA) is 104 Å². The van der Waals surface area contributed by atoms with Gasteiger partial charge < -0.3 is 8.83 Å². The zero-order valence-corrected chi connectivity index (χ0v) is 66.1. The minimum absolute atomic E-state index is 0.481. The number of rotatable bonds is 13. The van der Waals surface area contributed by atoms with E-state index in [0.717, 1.165) is 116 Å². The minimum Gasteiger partial charge on any atom is -0.456 e. The zero-order chi connectivity index (χ0) is 80.7. The Morgan fingerprint density at radius 2 is 0.443 bits per heavy atom. The molecule has 2 aliphatic carbocycles. The van der Waals surface area contributed by atoms with Gasteiger partial charge in [0.15, 0.2) is 34.9 Å². The molecule has 0 aliphatic heterocycles. The van der Waals surface area contributed by atoms with Crippen molar-refractivity contribution in [2.45, 2.75) is 10.8 Å². The molecule has 22 aromatic rings. The van der Waals surface area contributed by atoms with Gasteiger partial charge in [0.05, 0.1) is 10.8 Å². The van der Waals surface area contributed by atoms with Crippen molar-refractivity contribution in [3.63, 3.8) is 0 Å². The predicted octanol–water partition coefficient (Wildman–Crippen LogP) is 28.4. The van der Waals surface area contributed by atoms with Crippen LogP contribution in [0.2, 0.25) is 0 Å². The number of nitrogens with zero attached hydrogens (tertiary/aromatic N) is 6. The highest BCUT2D eigenvalue weighted by atomic mass is 16.3. The summed E-state index contributed by atoms with van der Waals surface area (Å²) in [6.45, 7) is 0. The highest BCUT2D eigenvalue weighted by Gasteiger charge is 2.48. The van der Waals surface area contributed by atoms with Crippen molar-refractivity contribution >= 4 is 54.6 Å². The SMILES string of the molecule is c1ccc(-c2cccc(-c3nc(-c4ccccc4)nc(-c4ccc(-c5ccc6oc7cc(C8(c9ccccc9)c9ccccc9-c9ccccc98)ccc7c6c5)cc4)n3)c2)cc1.c1ccc(-c2nc(-c3ccc(-c4ccc5oc6cc(C7(c8ccccc8)c8ccccc8-c8ccccc87)ccc6c5c4)cc3)nc(-c3ccc4ccccc4c3)n2)cc1. The lowest BCUT2D eigenvalue weighted by Gasteiger charge is -2.33.